The van der Waals surface area contributed by atoms with Crippen LogP contribution in [0.2, 0.25) is 0 Å². The van der Waals surface area contributed by atoms with Gasteiger partial charge in [-0.05, 0) is 66.6 Å². The molecule has 0 bridgehead atoms. The molecule has 0 saturated carbocycles. The van der Waals surface area contributed by atoms with Crippen molar-refractivity contribution < 1.29 is 23.8 Å². The first-order chi connectivity index (χ1) is 16.1. The van der Waals surface area contributed by atoms with E-state index in [4.69, 9.17) is 14.2 Å². The van der Waals surface area contributed by atoms with Gasteiger partial charge >= 0.3 is 0 Å². The van der Waals surface area contributed by atoms with E-state index < -0.39 is 11.8 Å². The smallest absolute Gasteiger partial charge is 0.269 e. The number of hydrazine groups is 1. The Balaban J connectivity index is 1.51. The van der Waals surface area contributed by atoms with Crippen molar-refractivity contribution in [3.8, 4) is 17.2 Å². The lowest BCUT2D eigenvalue weighted by molar-refractivity contribution is 0.0846. The van der Waals surface area contributed by atoms with Crippen molar-refractivity contribution >= 4 is 11.8 Å². The number of carbonyl (C=O) groups is 2. The number of hydrogen-bond acceptors (Lipinski definition) is 6. The molecule has 2 aromatic carbocycles. The molecule has 0 aliphatic carbocycles. The fourth-order valence-corrected chi connectivity index (χ4v) is 2.86. The quantitative estimate of drug-likeness (QED) is 0.360. The third-order valence-corrected chi connectivity index (χ3v) is 4.74. The highest BCUT2D eigenvalue weighted by Gasteiger charge is 2.13. The number of carbonyl (C=O) groups excluding carboxylic acids is 2. The maximum Gasteiger partial charge on any atom is 0.269 e. The Labute approximate surface area is 192 Å². The molecule has 33 heavy (non-hydrogen) atoms. The molecule has 0 aliphatic rings. The minimum atomic E-state index is -0.473. The molecule has 1 aromatic heterocycles. The van der Waals surface area contributed by atoms with Crippen LogP contribution >= 0.6 is 0 Å². The lowest BCUT2D eigenvalue weighted by atomic mass is 10.2. The van der Waals surface area contributed by atoms with Gasteiger partial charge in [-0.2, -0.15) is 0 Å². The third-order valence-electron chi connectivity index (χ3n) is 4.74. The number of benzene rings is 2. The highest BCUT2D eigenvalue weighted by molar-refractivity contribution is 5.99. The molecule has 2 N–H and O–H groups in total. The maximum absolute atomic E-state index is 12.4. The van der Waals surface area contributed by atoms with Crippen LogP contribution in [0.25, 0.3) is 0 Å². The van der Waals surface area contributed by atoms with Crippen LogP contribution in [0, 0.1) is 0 Å². The van der Waals surface area contributed by atoms with Gasteiger partial charge in [0, 0.05) is 23.5 Å². The second kappa shape index (κ2) is 12.1. The van der Waals surface area contributed by atoms with E-state index in [9.17, 15) is 9.59 Å². The van der Waals surface area contributed by atoms with Gasteiger partial charge in [0.2, 0.25) is 0 Å². The third kappa shape index (κ3) is 6.96. The molecule has 3 rings (SSSR count). The molecular formula is C25H27N3O5. The molecule has 172 valence electrons. The van der Waals surface area contributed by atoms with Crippen LogP contribution in [-0.2, 0) is 6.61 Å². The van der Waals surface area contributed by atoms with E-state index in [1.807, 2.05) is 12.1 Å². The topological polar surface area (TPSA) is 98.8 Å². The first-order valence-corrected chi connectivity index (χ1v) is 10.6. The standard InChI is InChI=1S/C25H27N3O5/c1-3-4-15-32-22-10-7-20(16-23(22)31-2)25(30)28-27-24(29)19-5-8-21(9-6-19)33-17-18-11-13-26-14-12-18/h5-14,16H,3-4,15,17H2,1-2H3,(H,27,29)(H,28,30). The minimum absolute atomic E-state index is 0.329. The average molecular weight is 450 g/mol. The summed E-state index contributed by atoms with van der Waals surface area (Å²) in [5.41, 5.74) is 6.52. The highest BCUT2D eigenvalue weighted by atomic mass is 16.5. The second-order valence-corrected chi connectivity index (χ2v) is 7.14. The number of methoxy groups -OCH3 is 1. The van der Waals surface area contributed by atoms with Crippen molar-refractivity contribution in [1.29, 1.82) is 0 Å². The summed E-state index contributed by atoms with van der Waals surface area (Å²) >= 11 is 0. The number of hydrogen-bond donors (Lipinski definition) is 2. The summed E-state index contributed by atoms with van der Waals surface area (Å²) in [5.74, 6) is 0.723. The molecule has 8 nitrogen and oxygen atoms in total. The fraction of sp³-hybridized carbons (Fsp3) is 0.240. The predicted molar refractivity (Wildman–Crippen MR) is 123 cm³/mol. The van der Waals surface area contributed by atoms with Gasteiger partial charge in [0.1, 0.15) is 12.4 Å². The van der Waals surface area contributed by atoms with E-state index in [0.29, 0.717) is 41.6 Å². The summed E-state index contributed by atoms with van der Waals surface area (Å²) in [5, 5.41) is 0. The summed E-state index contributed by atoms with van der Waals surface area (Å²) < 4.78 is 16.7. The lowest BCUT2D eigenvalue weighted by Crippen LogP contribution is -2.41. The van der Waals surface area contributed by atoms with E-state index in [-0.39, 0.29) is 0 Å². The number of ether oxygens (including phenoxy) is 3. The van der Waals surface area contributed by atoms with Crippen LogP contribution in [0.15, 0.2) is 67.0 Å². The first kappa shape index (κ1) is 23.6. The summed E-state index contributed by atoms with van der Waals surface area (Å²) in [4.78, 5) is 28.8. The zero-order chi connectivity index (χ0) is 23.5. The monoisotopic (exact) mass is 449 g/mol. The van der Waals surface area contributed by atoms with Crippen LogP contribution in [-0.4, -0.2) is 30.5 Å². The summed E-state index contributed by atoms with van der Waals surface area (Å²) in [6.07, 6.45) is 5.34. The van der Waals surface area contributed by atoms with Gasteiger partial charge in [-0.15, -0.1) is 0 Å². The summed E-state index contributed by atoms with van der Waals surface area (Å²) in [6, 6.07) is 15.2. The number of nitrogens with zero attached hydrogens (tertiary/aromatic N) is 1. The van der Waals surface area contributed by atoms with Crippen molar-refractivity contribution in [2.45, 2.75) is 26.4 Å². The van der Waals surface area contributed by atoms with Crippen LogP contribution in [0.3, 0.4) is 0 Å². The summed E-state index contributed by atoms with van der Waals surface area (Å²) in [7, 11) is 1.51. The van der Waals surface area contributed by atoms with E-state index in [0.717, 1.165) is 18.4 Å². The Kier molecular flexibility index (Phi) is 8.64. The Hall–Kier alpha value is -4.07. The lowest BCUT2D eigenvalue weighted by Gasteiger charge is -2.12. The fourth-order valence-electron chi connectivity index (χ4n) is 2.86. The van der Waals surface area contributed by atoms with Crippen molar-refractivity contribution in [3.05, 3.63) is 83.7 Å². The molecule has 0 saturated heterocycles. The van der Waals surface area contributed by atoms with Gasteiger partial charge in [-0.1, -0.05) is 13.3 Å². The Morgan fingerprint density at radius 2 is 1.52 bits per heavy atom. The van der Waals surface area contributed by atoms with Gasteiger partial charge in [-0.3, -0.25) is 25.4 Å². The number of pyridine rings is 1. The number of rotatable bonds is 10. The normalized spacial score (nSPS) is 10.2. The predicted octanol–water partition coefficient (Wildman–Crippen LogP) is 3.92. The Morgan fingerprint density at radius 3 is 2.18 bits per heavy atom. The largest absolute Gasteiger partial charge is 0.493 e. The molecule has 0 unspecified atom stereocenters. The van der Waals surface area contributed by atoms with Crippen LogP contribution in [0.4, 0.5) is 0 Å². The Morgan fingerprint density at radius 1 is 0.848 bits per heavy atom. The van der Waals surface area contributed by atoms with Gasteiger partial charge in [0.25, 0.3) is 11.8 Å². The number of aromatic nitrogens is 1. The molecule has 1 heterocycles. The molecular weight excluding hydrogens is 422 g/mol. The van der Waals surface area contributed by atoms with Gasteiger partial charge < -0.3 is 14.2 Å². The molecule has 0 fully saturated rings. The number of nitrogens with one attached hydrogen (secondary N) is 2. The van der Waals surface area contributed by atoms with Crippen molar-refractivity contribution in [3.63, 3.8) is 0 Å². The van der Waals surface area contributed by atoms with Crippen LogP contribution < -0.4 is 25.1 Å². The SMILES string of the molecule is CCCCOc1ccc(C(=O)NNC(=O)c2ccc(OCc3ccncc3)cc2)cc1OC. The zero-order valence-corrected chi connectivity index (χ0v) is 18.7. The van der Waals surface area contributed by atoms with Crippen LogP contribution in [0.5, 0.6) is 17.2 Å². The number of amides is 2. The first-order valence-electron chi connectivity index (χ1n) is 10.6. The molecule has 0 aliphatic heterocycles. The van der Waals surface area contributed by atoms with Crippen LogP contribution in [0.1, 0.15) is 46.0 Å². The van der Waals surface area contributed by atoms with Crippen molar-refractivity contribution in [2.75, 3.05) is 13.7 Å². The minimum Gasteiger partial charge on any atom is -0.493 e. The Bertz CT molecular complexity index is 1060. The maximum atomic E-state index is 12.4. The highest BCUT2D eigenvalue weighted by Crippen LogP contribution is 2.28. The molecule has 0 atom stereocenters. The second-order valence-electron chi connectivity index (χ2n) is 7.14. The van der Waals surface area contributed by atoms with E-state index >= 15 is 0 Å². The molecule has 8 heteroatoms. The van der Waals surface area contributed by atoms with Gasteiger partial charge in [0.15, 0.2) is 11.5 Å². The van der Waals surface area contributed by atoms with E-state index in [1.165, 1.54) is 7.11 Å². The summed E-state index contributed by atoms with van der Waals surface area (Å²) in [6.45, 7) is 3.05. The number of unbranched alkanes of at least 4 members (excludes halogenated alkanes) is 1. The van der Waals surface area contributed by atoms with Crippen molar-refractivity contribution in [2.24, 2.45) is 0 Å². The molecule has 0 radical (unpaired) electrons. The molecule has 2 amide bonds. The van der Waals surface area contributed by atoms with Gasteiger partial charge in [-0.25, -0.2) is 0 Å². The zero-order valence-electron chi connectivity index (χ0n) is 18.7. The molecule has 0 spiro atoms. The average Bonchev–Trinajstić information content (AvgIpc) is 2.87. The van der Waals surface area contributed by atoms with E-state index in [1.54, 1.807) is 54.9 Å². The van der Waals surface area contributed by atoms with Gasteiger partial charge in [0.05, 0.1) is 13.7 Å². The van der Waals surface area contributed by atoms with E-state index in [2.05, 4.69) is 22.8 Å². The molecule has 3 aromatic rings. The van der Waals surface area contributed by atoms with Crippen molar-refractivity contribution in [1.82, 2.24) is 15.8 Å².